The molecule has 1 amide bonds. The zero-order valence-corrected chi connectivity index (χ0v) is 18.4. The molecule has 0 aromatic heterocycles. The third-order valence-corrected chi connectivity index (χ3v) is 5.86. The molecule has 0 unspecified atom stereocenters. The first-order valence-electron chi connectivity index (χ1n) is 10.9. The van der Waals surface area contributed by atoms with Gasteiger partial charge in [-0.3, -0.25) is 9.69 Å². The van der Waals surface area contributed by atoms with E-state index in [1.807, 2.05) is 0 Å². The normalized spacial score (nSPS) is 14.2. The number of hydrogen-bond donors (Lipinski definition) is 2. The highest BCUT2D eigenvalue weighted by Crippen LogP contribution is 2.26. The number of amides is 1. The lowest BCUT2D eigenvalue weighted by Gasteiger charge is -2.36. The van der Waals surface area contributed by atoms with Crippen LogP contribution in [0.2, 0.25) is 0 Å². The van der Waals surface area contributed by atoms with Gasteiger partial charge in [-0.25, -0.2) is 9.18 Å². The Kier molecular flexibility index (Phi) is 6.70. The predicted molar refractivity (Wildman–Crippen MR) is 126 cm³/mol. The fourth-order valence-electron chi connectivity index (χ4n) is 3.97. The van der Waals surface area contributed by atoms with Crippen LogP contribution in [-0.2, 0) is 6.54 Å². The lowest BCUT2D eigenvalue weighted by molar-refractivity contribution is 0.0698. The largest absolute Gasteiger partial charge is 0.478 e. The number of carboxylic acid groups (broad SMARTS) is 1. The van der Waals surface area contributed by atoms with E-state index in [-0.39, 0.29) is 16.8 Å². The average molecular weight is 448 g/mol. The number of piperazine rings is 1. The molecular formula is C26H26FN3O3. The molecule has 1 heterocycles. The molecule has 1 saturated heterocycles. The summed E-state index contributed by atoms with van der Waals surface area (Å²) < 4.78 is 13.9. The molecule has 1 aliphatic rings. The van der Waals surface area contributed by atoms with Crippen LogP contribution in [-0.4, -0.2) is 48.1 Å². The fourth-order valence-corrected chi connectivity index (χ4v) is 3.97. The monoisotopic (exact) mass is 447 g/mol. The first kappa shape index (κ1) is 22.5. The summed E-state index contributed by atoms with van der Waals surface area (Å²) in [5.74, 6) is -2.50. The predicted octanol–water partition coefficient (Wildman–Crippen LogP) is 4.41. The van der Waals surface area contributed by atoms with Crippen LogP contribution >= 0.6 is 0 Å². The first-order valence-corrected chi connectivity index (χ1v) is 10.9. The Labute approximate surface area is 192 Å². The number of carbonyl (C=O) groups is 2. The minimum atomic E-state index is -1.15. The van der Waals surface area contributed by atoms with E-state index >= 15 is 0 Å². The summed E-state index contributed by atoms with van der Waals surface area (Å²) in [6, 6.07) is 19.0. The van der Waals surface area contributed by atoms with E-state index < -0.39 is 17.7 Å². The van der Waals surface area contributed by atoms with E-state index in [2.05, 4.69) is 46.3 Å². The van der Waals surface area contributed by atoms with E-state index in [1.54, 1.807) is 24.3 Å². The quantitative estimate of drug-likeness (QED) is 0.586. The third-order valence-electron chi connectivity index (χ3n) is 5.86. The zero-order chi connectivity index (χ0) is 23.4. The molecule has 33 heavy (non-hydrogen) atoms. The van der Waals surface area contributed by atoms with Crippen molar-refractivity contribution in [3.8, 4) is 0 Å². The molecule has 3 aromatic carbocycles. The molecule has 3 aromatic rings. The van der Waals surface area contributed by atoms with Gasteiger partial charge in [0.15, 0.2) is 0 Å². The lowest BCUT2D eigenvalue weighted by Crippen LogP contribution is -2.46. The van der Waals surface area contributed by atoms with Crippen LogP contribution in [0.4, 0.5) is 15.8 Å². The van der Waals surface area contributed by atoms with E-state index in [4.69, 9.17) is 0 Å². The van der Waals surface area contributed by atoms with Crippen molar-refractivity contribution in [3.63, 3.8) is 0 Å². The smallest absolute Gasteiger partial charge is 0.337 e. The molecular weight excluding hydrogens is 421 g/mol. The van der Waals surface area contributed by atoms with Gasteiger partial charge in [-0.05, 0) is 42.8 Å². The van der Waals surface area contributed by atoms with Gasteiger partial charge in [-0.15, -0.1) is 0 Å². The molecule has 1 aliphatic heterocycles. The summed E-state index contributed by atoms with van der Waals surface area (Å²) in [5, 5.41) is 12.2. The maximum absolute atomic E-state index is 13.9. The number of anilines is 2. The molecule has 0 saturated carbocycles. The number of rotatable bonds is 6. The van der Waals surface area contributed by atoms with E-state index in [0.717, 1.165) is 38.4 Å². The second-order valence-electron chi connectivity index (χ2n) is 8.22. The van der Waals surface area contributed by atoms with Crippen LogP contribution in [0.3, 0.4) is 0 Å². The summed E-state index contributed by atoms with van der Waals surface area (Å²) >= 11 is 0. The Bertz CT molecular complexity index is 1160. The fraction of sp³-hybridized carbons (Fsp3) is 0.231. The maximum atomic E-state index is 13.9. The molecule has 170 valence electrons. The first-order chi connectivity index (χ1) is 15.9. The van der Waals surface area contributed by atoms with Crippen LogP contribution in [0.25, 0.3) is 0 Å². The molecule has 1 fully saturated rings. The van der Waals surface area contributed by atoms with Gasteiger partial charge in [0, 0.05) is 38.4 Å². The van der Waals surface area contributed by atoms with Gasteiger partial charge < -0.3 is 15.3 Å². The molecule has 0 aliphatic carbocycles. The number of halogens is 1. The standard InChI is InChI=1S/C26H26FN3O3/c1-18-6-8-19(9-7-18)17-29-12-14-30(15-13-29)20-10-11-24(22(16-20)26(32)33)28-25(31)21-4-2-3-5-23(21)27/h2-11,16H,12-15,17H2,1H3,(H,28,31)(H,32,33). The van der Waals surface area contributed by atoms with E-state index in [1.165, 1.54) is 29.3 Å². The van der Waals surface area contributed by atoms with Gasteiger partial charge in [0.2, 0.25) is 0 Å². The zero-order valence-electron chi connectivity index (χ0n) is 18.4. The number of nitrogens with one attached hydrogen (secondary N) is 1. The number of hydrogen-bond acceptors (Lipinski definition) is 4. The SMILES string of the molecule is Cc1ccc(CN2CCN(c3ccc(NC(=O)c4ccccc4F)c(C(=O)O)c3)CC2)cc1. The summed E-state index contributed by atoms with van der Waals surface area (Å²) in [5.41, 5.74) is 3.27. The molecule has 6 nitrogen and oxygen atoms in total. The van der Waals surface area contributed by atoms with Gasteiger partial charge in [-0.2, -0.15) is 0 Å². The van der Waals surface area contributed by atoms with Gasteiger partial charge in [0.25, 0.3) is 5.91 Å². The van der Waals surface area contributed by atoms with Crippen LogP contribution < -0.4 is 10.2 Å². The summed E-state index contributed by atoms with van der Waals surface area (Å²) in [7, 11) is 0. The van der Waals surface area contributed by atoms with Crippen LogP contribution in [0.15, 0.2) is 66.7 Å². The van der Waals surface area contributed by atoms with Crippen LogP contribution in [0, 0.1) is 12.7 Å². The van der Waals surface area contributed by atoms with Crippen LogP contribution in [0.5, 0.6) is 0 Å². The molecule has 2 N–H and O–H groups in total. The van der Waals surface area contributed by atoms with Gasteiger partial charge >= 0.3 is 5.97 Å². The maximum Gasteiger partial charge on any atom is 0.337 e. The van der Waals surface area contributed by atoms with Crippen molar-refractivity contribution in [2.24, 2.45) is 0 Å². The molecule has 0 bridgehead atoms. The molecule has 4 rings (SSSR count). The Hall–Kier alpha value is -3.71. The molecule has 7 heteroatoms. The second kappa shape index (κ2) is 9.83. The van der Waals surface area contributed by atoms with Gasteiger partial charge in [0.1, 0.15) is 5.82 Å². The summed E-state index contributed by atoms with van der Waals surface area (Å²) in [6.07, 6.45) is 0. The van der Waals surface area contributed by atoms with E-state index in [0.29, 0.717) is 0 Å². The number of benzene rings is 3. The third kappa shape index (κ3) is 5.38. The summed E-state index contributed by atoms with van der Waals surface area (Å²) in [6.45, 7) is 6.22. The molecule has 0 atom stereocenters. The van der Waals surface area contributed by atoms with Crippen molar-refractivity contribution in [2.75, 3.05) is 36.4 Å². The highest BCUT2D eigenvalue weighted by atomic mass is 19.1. The number of aryl methyl sites for hydroxylation is 1. The van der Waals surface area contributed by atoms with Crippen molar-refractivity contribution >= 4 is 23.3 Å². The highest BCUT2D eigenvalue weighted by molar-refractivity contribution is 6.08. The van der Waals surface area contributed by atoms with Crippen molar-refractivity contribution in [3.05, 3.63) is 94.8 Å². The van der Waals surface area contributed by atoms with Crippen molar-refractivity contribution in [1.29, 1.82) is 0 Å². The number of carbonyl (C=O) groups excluding carboxylic acids is 1. The Balaban J connectivity index is 1.43. The second-order valence-corrected chi connectivity index (χ2v) is 8.22. The van der Waals surface area contributed by atoms with Crippen molar-refractivity contribution in [2.45, 2.75) is 13.5 Å². The van der Waals surface area contributed by atoms with Crippen molar-refractivity contribution < 1.29 is 19.1 Å². The highest BCUT2D eigenvalue weighted by Gasteiger charge is 2.21. The minimum absolute atomic E-state index is 0.0284. The lowest BCUT2D eigenvalue weighted by atomic mass is 10.1. The van der Waals surface area contributed by atoms with Gasteiger partial charge in [-0.1, -0.05) is 42.0 Å². The number of aromatic carboxylic acids is 1. The van der Waals surface area contributed by atoms with Gasteiger partial charge in [0.05, 0.1) is 16.8 Å². The Morgan fingerprint density at radius 2 is 1.64 bits per heavy atom. The van der Waals surface area contributed by atoms with E-state index in [9.17, 15) is 19.1 Å². The minimum Gasteiger partial charge on any atom is -0.478 e. The molecule has 0 radical (unpaired) electrons. The topological polar surface area (TPSA) is 72.9 Å². The number of carboxylic acids is 1. The average Bonchev–Trinajstić information content (AvgIpc) is 2.81. The summed E-state index contributed by atoms with van der Waals surface area (Å²) in [4.78, 5) is 28.8. The number of nitrogens with zero attached hydrogens (tertiary/aromatic N) is 2. The molecule has 0 spiro atoms. The van der Waals surface area contributed by atoms with Crippen LogP contribution in [0.1, 0.15) is 31.8 Å². The Morgan fingerprint density at radius 3 is 2.30 bits per heavy atom. The van der Waals surface area contributed by atoms with Crippen molar-refractivity contribution in [1.82, 2.24) is 4.90 Å². The Morgan fingerprint density at radius 1 is 0.939 bits per heavy atom.